The second kappa shape index (κ2) is 6.57. The number of fused-ring (bicyclic) bond motifs is 1. The van der Waals surface area contributed by atoms with Gasteiger partial charge in [-0.1, -0.05) is 30.7 Å². The molecule has 0 spiro atoms. The lowest BCUT2D eigenvalue weighted by Gasteiger charge is -2.26. The number of aromatic hydroxyl groups is 1. The molecule has 122 valence electrons. The summed E-state index contributed by atoms with van der Waals surface area (Å²) in [5.74, 6) is 0.302. The largest absolute Gasteiger partial charge is 0.505 e. The number of piperidine rings is 1. The quantitative estimate of drug-likeness (QED) is 0.793. The lowest BCUT2D eigenvalue weighted by molar-refractivity contribution is 0.218. The molecule has 1 fully saturated rings. The summed E-state index contributed by atoms with van der Waals surface area (Å²) in [6, 6.07) is 13.8. The van der Waals surface area contributed by atoms with E-state index in [0.717, 1.165) is 42.0 Å². The lowest BCUT2D eigenvalue weighted by Crippen LogP contribution is -2.29. The van der Waals surface area contributed by atoms with E-state index < -0.39 is 0 Å². The van der Waals surface area contributed by atoms with E-state index in [9.17, 15) is 5.11 Å². The van der Waals surface area contributed by atoms with Gasteiger partial charge in [0, 0.05) is 23.7 Å². The molecule has 4 heteroatoms. The molecule has 0 amide bonds. The molecule has 24 heavy (non-hydrogen) atoms. The molecule has 0 aliphatic carbocycles. The summed E-state index contributed by atoms with van der Waals surface area (Å²) in [5.41, 5.74) is 3.22. The third-order valence-corrected chi connectivity index (χ3v) is 4.69. The highest BCUT2D eigenvalue weighted by Crippen LogP contribution is 2.30. The highest BCUT2D eigenvalue weighted by atomic mass is 16.3. The van der Waals surface area contributed by atoms with Crippen LogP contribution < -0.4 is 0 Å². The number of benzene rings is 1. The van der Waals surface area contributed by atoms with Crippen LogP contribution in [0.1, 0.15) is 24.8 Å². The van der Waals surface area contributed by atoms with Crippen LogP contribution in [0.5, 0.6) is 5.75 Å². The van der Waals surface area contributed by atoms with Gasteiger partial charge in [0.05, 0.1) is 11.4 Å². The summed E-state index contributed by atoms with van der Waals surface area (Å²) in [7, 11) is 0. The van der Waals surface area contributed by atoms with Crippen molar-refractivity contribution >= 4 is 10.9 Å². The Kier molecular flexibility index (Phi) is 4.13. The maximum absolute atomic E-state index is 10.7. The van der Waals surface area contributed by atoms with Crippen molar-refractivity contribution in [1.29, 1.82) is 0 Å². The standard InChI is InChI=1S/C20H21N3O/c24-20-16(14-23-12-4-1-5-13-23)8-7-15-9-10-18(22-19(15)20)17-6-2-3-11-21-17/h2-3,6-11,24H,1,4-5,12-14H2. The Hall–Kier alpha value is -2.46. The Morgan fingerprint density at radius 1 is 0.917 bits per heavy atom. The topological polar surface area (TPSA) is 49.2 Å². The number of phenols is 1. The molecule has 1 saturated heterocycles. The normalized spacial score (nSPS) is 15.7. The summed E-state index contributed by atoms with van der Waals surface area (Å²) >= 11 is 0. The first-order chi connectivity index (χ1) is 11.8. The Bertz CT molecular complexity index is 842. The SMILES string of the molecule is Oc1c(CN2CCCCC2)ccc2ccc(-c3ccccn3)nc12. The Morgan fingerprint density at radius 3 is 2.54 bits per heavy atom. The molecule has 2 aromatic heterocycles. The van der Waals surface area contributed by atoms with E-state index in [4.69, 9.17) is 0 Å². The molecule has 3 aromatic rings. The van der Waals surface area contributed by atoms with E-state index in [-0.39, 0.29) is 0 Å². The zero-order chi connectivity index (χ0) is 16.4. The van der Waals surface area contributed by atoms with Crippen molar-refractivity contribution in [3.63, 3.8) is 0 Å². The van der Waals surface area contributed by atoms with Crippen molar-refractivity contribution in [3.8, 4) is 17.1 Å². The lowest BCUT2D eigenvalue weighted by atomic mass is 10.1. The highest BCUT2D eigenvalue weighted by Gasteiger charge is 2.15. The van der Waals surface area contributed by atoms with Crippen LogP contribution in [0.25, 0.3) is 22.3 Å². The van der Waals surface area contributed by atoms with E-state index >= 15 is 0 Å². The fraction of sp³-hybridized carbons (Fsp3) is 0.300. The minimum absolute atomic E-state index is 0.302. The summed E-state index contributed by atoms with van der Waals surface area (Å²) in [5, 5.41) is 11.7. The predicted molar refractivity (Wildman–Crippen MR) is 95.8 cm³/mol. The molecule has 4 nitrogen and oxygen atoms in total. The van der Waals surface area contributed by atoms with Crippen molar-refractivity contribution in [2.24, 2.45) is 0 Å². The van der Waals surface area contributed by atoms with Crippen LogP contribution in [0.4, 0.5) is 0 Å². The Labute approximate surface area is 141 Å². The van der Waals surface area contributed by atoms with Crippen LogP contribution >= 0.6 is 0 Å². The van der Waals surface area contributed by atoms with Crippen molar-refractivity contribution in [3.05, 3.63) is 54.2 Å². The molecule has 3 heterocycles. The molecule has 0 bridgehead atoms. The molecule has 0 unspecified atom stereocenters. The van der Waals surface area contributed by atoms with Crippen molar-refractivity contribution in [1.82, 2.24) is 14.9 Å². The first kappa shape index (κ1) is 15.1. The number of nitrogens with zero attached hydrogens (tertiary/aromatic N) is 3. The van der Waals surface area contributed by atoms with Gasteiger partial charge < -0.3 is 5.11 Å². The number of phenolic OH excluding ortho intramolecular Hbond substituents is 1. The number of aromatic nitrogens is 2. The minimum Gasteiger partial charge on any atom is -0.505 e. The average Bonchev–Trinajstić information content (AvgIpc) is 2.65. The fourth-order valence-electron chi connectivity index (χ4n) is 3.36. The predicted octanol–water partition coefficient (Wildman–Crippen LogP) is 3.99. The zero-order valence-electron chi connectivity index (χ0n) is 13.7. The third-order valence-electron chi connectivity index (χ3n) is 4.69. The summed E-state index contributed by atoms with van der Waals surface area (Å²) in [6.07, 6.45) is 5.57. The third kappa shape index (κ3) is 2.97. The van der Waals surface area contributed by atoms with Gasteiger partial charge in [-0.3, -0.25) is 9.88 Å². The number of hydrogen-bond acceptors (Lipinski definition) is 4. The van der Waals surface area contributed by atoms with E-state index in [2.05, 4.69) is 14.9 Å². The number of pyridine rings is 2. The van der Waals surface area contributed by atoms with Crippen molar-refractivity contribution < 1.29 is 5.11 Å². The first-order valence-corrected chi connectivity index (χ1v) is 8.56. The molecule has 4 rings (SSSR count). The van der Waals surface area contributed by atoms with Gasteiger partial charge in [-0.15, -0.1) is 0 Å². The van der Waals surface area contributed by atoms with Crippen LogP contribution in [0, 0.1) is 0 Å². The Morgan fingerprint density at radius 2 is 1.75 bits per heavy atom. The van der Waals surface area contributed by atoms with E-state index in [1.807, 2.05) is 42.5 Å². The molecule has 0 saturated carbocycles. The number of likely N-dealkylation sites (tertiary alicyclic amines) is 1. The summed E-state index contributed by atoms with van der Waals surface area (Å²) < 4.78 is 0. The molecule has 1 aliphatic heterocycles. The van der Waals surface area contributed by atoms with Gasteiger partial charge >= 0.3 is 0 Å². The van der Waals surface area contributed by atoms with Gasteiger partial charge in [-0.2, -0.15) is 0 Å². The molecule has 1 aliphatic rings. The van der Waals surface area contributed by atoms with E-state index in [1.54, 1.807) is 6.20 Å². The first-order valence-electron chi connectivity index (χ1n) is 8.56. The van der Waals surface area contributed by atoms with E-state index in [1.165, 1.54) is 19.3 Å². The molecular weight excluding hydrogens is 298 g/mol. The smallest absolute Gasteiger partial charge is 0.146 e. The van der Waals surface area contributed by atoms with Crippen LogP contribution in [-0.4, -0.2) is 33.1 Å². The highest BCUT2D eigenvalue weighted by molar-refractivity contribution is 5.87. The molecule has 0 radical (unpaired) electrons. The van der Waals surface area contributed by atoms with Gasteiger partial charge in [0.25, 0.3) is 0 Å². The molecule has 0 atom stereocenters. The van der Waals surface area contributed by atoms with Crippen LogP contribution in [0.15, 0.2) is 48.7 Å². The van der Waals surface area contributed by atoms with Crippen LogP contribution in [0.3, 0.4) is 0 Å². The minimum atomic E-state index is 0.302. The average molecular weight is 319 g/mol. The van der Waals surface area contributed by atoms with E-state index in [0.29, 0.717) is 11.3 Å². The van der Waals surface area contributed by atoms with Crippen molar-refractivity contribution in [2.45, 2.75) is 25.8 Å². The van der Waals surface area contributed by atoms with Gasteiger partial charge in [-0.25, -0.2) is 4.98 Å². The number of hydrogen-bond donors (Lipinski definition) is 1. The van der Waals surface area contributed by atoms with Gasteiger partial charge in [0.15, 0.2) is 0 Å². The molecule has 1 aromatic carbocycles. The maximum atomic E-state index is 10.7. The van der Waals surface area contributed by atoms with Gasteiger partial charge in [-0.05, 0) is 44.1 Å². The second-order valence-electron chi connectivity index (χ2n) is 6.39. The maximum Gasteiger partial charge on any atom is 0.146 e. The second-order valence-corrected chi connectivity index (χ2v) is 6.39. The van der Waals surface area contributed by atoms with Crippen LogP contribution in [-0.2, 0) is 6.54 Å². The fourth-order valence-corrected chi connectivity index (χ4v) is 3.36. The van der Waals surface area contributed by atoms with Crippen molar-refractivity contribution in [2.75, 3.05) is 13.1 Å². The van der Waals surface area contributed by atoms with Gasteiger partial charge in [0.1, 0.15) is 11.3 Å². The number of rotatable bonds is 3. The van der Waals surface area contributed by atoms with Crippen LogP contribution in [0.2, 0.25) is 0 Å². The molecular formula is C20H21N3O. The van der Waals surface area contributed by atoms with Gasteiger partial charge in [0.2, 0.25) is 0 Å². The summed E-state index contributed by atoms with van der Waals surface area (Å²) in [6.45, 7) is 3.01. The monoisotopic (exact) mass is 319 g/mol. The summed E-state index contributed by atoms with van der Waals surface area (Å²) in [4.78, 5) is 11.4. The molecule has 1 N–H and O–H groups in total. The zero-order valence-corrected chi connectivity index (χ0v) is 13.7. The Balaban J connectivity index is 1.71.